The predicted molar refractivity (Wildman–Crippen MR) is 79.7 cm³/mol. The van der Waals surface area contributed by atoms with Gasteiger partial charge in [0.2, 0.25) is 0 Å². The number of carbonyl (C=O) groups excluding carboxylic acids is 1. The summed E-state index contributed by atoms with van der Waals surface area (Å²) in [7, 11) is 0. The molecule has 20 heavy (non-hydrogen) atoms. The van der Waals surface area contributed by atoms with E-state index in [1.165, 1.54) is 0 Å². The van der Waals surface area contributed by atoms with Crippen molar-refractivity contribution < 1.29 is 9.90 Å². The number of rotatable bonds is 1. The second-order valence-electron chi connectivity index (χ2n) is 5.03. The highest BCUT2D eigenvalue weighted by atomic mass is 35.5. The number of phenolic OH excluding ortho intramolecular Hbond substituents is 1. The van der Waals surface area contributed by atoms with Crippen molar-refractivity contribution in [3.8, 4) is 5.75 Å². The number of phenols is 1. The van der Waals surface area contributed by atoms with Gasteiger partial charge >= 0.3 is 0 Å². The van der Waals surface area contributed by atoms with Crippen LogP contribution in [0.2, 0.25) is 10.0 Å². The summed E-state index contributed by atoms with van der Waals surface area (Å²) in [4.78, 5) is 11.9. The van der Waals surface area contributed by atoms with E-state index in [1.54, 1.807) is 18.2 Å². The summed E-state index contributed by atoms with van der Waals surface area (Å²) in [6.07, 6.45) is 0.831. The van der Waals surface area contributed by atoms with Crippen LogP contribution in [0.25, 0.3) is 0 Å². The first-order chi connectivity index (χ1) is 9.54. The summed E-state index contributed by atoms with van der Waals surface area (Å²) < 4.78 is 0. The van der Waals surface area contributed by atoms with Gasteiger partial charge in [-0.1, -0.05) is 35.3 Å². The van der Waals surface area contributed by atoms with Gasteiger partial charge in [0, 0.05) is 18.8 Å². The van der Waals surface area contributed by atoms with E-state index in [0.717, 1.165) is 16.7 Å². The molecule has 0 saturated heterocycles. The first-order valence-electron chi connectivity index (χ1n) is 6.33. The van der Waals surface area contributed by atoms with Crippen LogP contribution in [0.15, 0.2) is 36.4 Å². The number of hydrogen-bond donors (Lipinski definition) is 1. The number of benzene rings is 2. The lowest BCUT2D eigenvalue weighted by Crippen LogP contribution is -2.19. The van der Waals surface area contributed by atoms with Crippen molar-refractivity contribution >= 4 is 29.0 Å². The molecule has 0 heterocycles. The molecule has 3 rings (SSSR count). The minimum atomic E-state index is -0.0263. The monoisotopic (exact) mass is 306 g/mol. The fourth-order valence-corrected chi connectivity index (χ4v) is 3.04. The molecule has 102 valence electrons. The molecule has 1 unspecified atom stereocenters. The van der Waals surface area contributed by atoms with Crippen molar-refractivity contribution in [3.05, 3.63) is 63.1 Å². The molecular formula is C16H12Cl2O2. The van der Waals surface area contributed by atoms with Crippen molar-refractivity contribution in [3.63, 3.8) is 0 Å². The molecule has 1 N–H and O–H groups in total. The number of ketones is 1. The topological polar surface area (TPSA) is 37.3 Å². The molecule has 0 aliphatic heterocycles. The van der Waals surface area contributed by atoms with Crippen LogP contribution in [0.1, 0.15) is 29.0 Å². The summed E-state index contributed by atoms with van der Waals surface area (Å²) in [5.74, 6) is 0.326. The molecule has 1 aliphatic carbocycles. The van der Waals surface area contributed by atoms with Gasteiger partial charge in [-0.25, -0.2) is 0 Å². The predicted octanol–water partition coefficient (Wildman–Crippen LogP) is 4.35. The van der Waals surface area contributed by atoms with Crippen LogP contribution in [0, 0.1) is 0 Å². The summed E-state index contributed by atoms with van der Waals surface area (Å²) >= 11 is 12.0. The van der Waals surface area contributed by atoms with Crippen LogP contribution in [0.5, 0.6) is 5.75 Å². The Morgan fingerprint density at radius 1 is 1.05 bits per heavy atom. The largest absolute Gasteiger partial charge is 0.508 e. The lowest BCUT2D eigenvalue weighted by molar-refractivity contribution is -0.119. The van der Waals surface area contributed by atoms with Crippen LogP contribution >= 0.6 is 23.2 Å². The Morgan fingerprint density at radius 3 is 2.60 bits per heavy atom. The third-order valence-electron chi connectivity index (χ3n) is 3.67. The number of Topliss-reactive ketones (excluding diaryl/α,β-unsaturated/α-hetero) is 1. The molecule has 0 aromatic heterocycles. The number of carbonyl (C=O) groups is 1. The van der Waals surface area contributed by atoms with E-state index >= 15 is 0 Å². The van der Waals surface area contributed by atoms with Crippen molar-refractivity contribution in [2.75, 3.05) is 0 Å². The standard InChI is InChI=1S/C16H12Cl2O2/c17-15-4-1-9(7-16(15)18)14-8-12(20)6-10-5-11(19)2-3-13(10)14/h1-5,7,14,19H,6,8H2. The lowest BCUT2D eigenvalue weighted by Gasteiger charge is -2.25. The third kappa shape index (κ3) is 2.41. The molecule has 0 bridgehead atoms. The smallest absolute Gasteiger partial charge is 0.138 e. The van der Waals surface area contributed by atoms with Crippen LogP contribution in [-0.2, 0) is 11.2 Å². The van der Waals surface area contributed by atoms with Crippen LogP contribution < -0.4 is 0 Å². The van der Waals surface area contributed by atoms with Crippen molar-refractivity contribution in [2.45, 2.75) is 18.8 Å². The third-order valence-corrected chi connectivity index (χ3v) is 4.41. The maximum atomic E-state index is 11.9. The summed E-state index contributed by atoms with van der Waals surface area (Å²) in [6.45, 7) is 0. The Bertz CT molecular complexity index is 695. The molecular weight excluding hydrogens is 295 g/mol. The van der Waals surface area contributed by atoms with Gasteiger partial charge in [0.15, 0.2) is 0 Å². The van der Waals surface area contributed by atoms with Gasteiger partial charge in [0.1, 0.15) is 11.5 Å². The lowest BCUT2D eigenvalue weighted by atomic mass is 9.78. The molecule has 0 fully saturated rings. The number of fused-ring (bicyclic) bond motifs is 1. The van der Waals surface area contributed by atoms with Gasteiger partial charge in [0.25, 0.3) is 0 Å². The van der Waals surface area contributed by atoms with E-state index in [2.05, 4.69) is 0 Å². The average Bonchev–Trinajstić information content (AvgIpc) is 2.40. The fraction of sp³-hybridized carbons (Fsp3) is 0.188. The fourth-order valence-electron chi connectivity index (χ4n) is 2.73. The second-order valence-corrected chi connectivity index (χ2v) is 5.84. The zero-order chi connectivity index (χ0) is 14.3. The molecule has 1 atom stereocenters. The molecule has 2 aromatic rings. The first-order valence-corrected chi connectivity index (χ1v) is 7.08. The van der Waals surface area contributed by atoms with Crippen LogP contribution in [-0.4, -0.2) is 10.9 Å². The van der Waals surface area contributed by atoms with Gasteiger partial charge in [-0.15, -0.1) is 0 Å². The highest BCUT2D eigenvalue weighted by Gasteiger charge is 2.27. The van der Waals surface area contributed by atoms with E-state index in [9.17, 15) is 9.90 Å². The van der Waals surface area contributed by atoms with Gasteiger partial charge in [-0.2, -0.15) is 0 Å². The zero-order valence-electron chi connectivity index (χ0n) is 10.6. The molecule has 0 saturated carbocycles. The van der Waals surface area contributed by atoms with Gasteiger partial charge in [-0.3, -0.25) is 4.79 Å². The van der Waals surface area contributed by atoms with Gasteiger partial charge < -0.3 is 5.11 Å². The number of hydrogen-bond acceptors (Lipinski definition) is 2. The maximum absolute atomic E-state index is 11.9. The van der Waals surface area contributed by atoms with Crippen LogP contribution in [0.3, 0.4) is 0 Å². The van der Waals surface area contributed by atoms with Crippen molar-refractivity contribution in [1.29, 1.82) is 0 Å². The highest BCUT2D eigenvalue weighted by molar-refractivity contribution is 6.42. The Hall–Kier alpha value is -1.51. The van der Waals surface area contributed by atoms with E-state index in [1.807, 2.05) is 18.2 Å². The normalized spacial score (nSPS) is 17.9. The highest BCUT2D eigenvalue weighted by Crippen LogP contribution is 2.38. The summed E-state index contributed by atoms with van der Waals surface area (Å²) in [6, 6.07) is 10.6. The van der Waals surface area contributed by atoms with Crippen molar-refractivity contribution in [1.82, 2.24) is 0 Å². The van der Waals surface area contributed by atoms with Crippen molar-refractivity contribution in [2.24, 2.45) is 0 Å². The molecule has 0 radical (unpaired) electrons. The maximum Gasteiger partial charge on any atom is 0.138 e. The molecule has 4 heteroatoms. The molecule has 0 amide bonds. The summed E-state index contributed by atoms with van der Waals surface area (Å²) in [5.41, 5.74) is 2.93. The quantitative estimate of drug-likeness (QED) is 0.850. The number of aromatic hydroxyl groups is 1. The zero-order valence-corrected chi connectivity index (χ0v) is 12.1. The Morgan fingerprint density at radius 2 is 1.85 bits per heavy atom. The number of halogens is 2. The van der Waals surface area contributed by atoms with Gasteiger partial charge in [0.05, 0.1) is 10.0 Å². The Balaban J connectivity index is 2.10. The Labute approximate surface area is 127 Å². The van der Waals surface area contributed by atoms with E-state index in [4.69, 9.17) is 23.2 Å². The molecule has 0 spiro atoms. The minimum absolute atomic E-state index is 0.0263. The second kappa shape index (κ2) is 5.12. The SMILES string of the molecule is O=C1Cc2cc(O)ccc2C(c2ccc(Cl)c(Cl)c2)C1. The average molecular weight is 307 g/mol. The molecule has 2 aromatic carbocycles. The van der Waals surface area contributed by atoms with E-state index in [0.29, 0.717) is 22.9 Å². The minimum Gasteiger partial charge on any atom is -0.508 e. The Kier molecular flexibility index (Phi) is 3.45. The molecule has 2 nitrogen and oxygen atoms in total. The van der Waals surface area contributed by atoms with E-state index < -0.39 is 0 Å². The molecule has 1 aliphatic rings. The van der Waals surface area contributed by atoms with E-state index in [-0.39, 0.29) is 17.5 Å². The summed E-state index contributed by atoms with van der Waals surface area (Å²) in [5, 5.41) is 10.6. The van der Waals surface area contributed by atoms with Gasteiger partial charge in [-0.05, 0) is 41.0 Å². The van der Waals surface area contributed by atoms with Crippen LogP contribution in [0.4, 0.5) is 0 Å². The first kappa shape index (κ1) is 13.5.